The number of hydrogen-bond acceptors (Lipinski definition) is 5. The summed E-state index contributed by atoms with van der Waals surface area (Å²) in [7, 11) is 0. The first-order chi connectivity index (χ1) is 13.2. The molecular weight excluding hydrogens is 344 g/mol. The Bertz CT molecular complexity index is 396. The van der Waals surface area contributed by atoms with Gasteiger partial charge in [-0.15, -0.1) is 0 Å². The highest BCUT2D eigenvalue weighted by Crippen LogP contribution is 2.32. The van der Waals surface area contributed by atoms with Gasteiger partial charge in [-0.05, 0) is 26.2 Å². The smallest absolute Gasteiger partial charge is 0.309 e. The molecule has 0 aromatic carbocycles. The summed E-state index contributed by atoms with van der Waals surface area (Å²) >= 11 is 0. The molecule has 5 nitrogen and oxygen atoms in total. The van der Waals surface area contributed by atoms with Crippen LogP contribution in [0, 0.1) is 11.8 Å². The molecule has 1 aliphatic rings. The van der Waals surface area contributed by atoms with E-state index in [9.17, 15) is 9.59 Å². The lowest BCUT2D eigenvalue weighted by molar-refractivity contribution is -0.163. The Labute approximate surface area is 165 Å². The summed E-state index contributed by atoms with van der Waals surface area (Å²) in [6, 6.07) is 0. The van der Waals surface area contributed by atoms with Crippen molar-refractivity contribution in [2.45, 2.75) is 90.9 Å². The van der Waals surface area contributed by atoms with Gasteiger partial charge in [-0.1, -0.05) is 64.7 Å². The van der Waals surface area contributed by atoms with Crippen molar-refractivity contribution in [1.29, 1.82) is 0 Å². The molecule has 158 valence electrons. The quantitative estimate of drug-likeness (QED) is 0.292. The normalized spacial score (nSPS) is 19.6. The number of rotatable bonds is 15. The average molecular weight is 385 g/mol. The number of ether oxygens (including phenoxy) is 3. The molecule has 1 fully saturated rings. The third kappa shape index (κ3) is 10.7. The van der Waals surface area contributed by atoms with Crippen LogP contribution in [-0.4, -0.2) is 38.4 Å². The van der Waals surface area contributed by atoms with Gasteiger partial charge < -0.3 is 14.2 Å². The molecular formula is C22H40O5. The monoisotopic (exact) mass is 384 g/mol. The van der Waals surface area contributed by atoms with Crippen LogP contribution in [0.1, 0.15) is 90.9 Å². The zero-order valence-electron chi connectivity index (χ0n) is 17.5. The molecule has 2 atom stereocenters. The van der Waals surface area contributed by atoms with Gasteiger partial charge in [0, 0.05) is 6.61 Å². The molecule has 0 heterocycles. The van der Waals surface area contributed by atoms with Crippen molar-refractivity contribution >= 4 is 11.9 Å². The molecule has 0 radical (unpaired) electrons. The van der Waals surface area contributed by atoms with Gasteiger partial charge in [0.15, 0.2) is 0 Å². The van der Waals surface area contributed by atoms with E-state index in [1.165, 1.54) is 38.5 Å². The van der Waals surface area contributed by atoms with E-state index in [1.807, 2.05) is 6.92 Å². The molecule has 1 aliphatic carbocycles. The number of hydrogen-bond donors (Lipinski definition) is 0. The van der Waals surface area contributed by atoms with Crippen LogP contribution in [-0.2, 0) is 23.8 Å². The molecule has 27 heavy (non-hydrogen) atoms. The maximum Gasteiger partial charge on any atom is 0.309 e. The zero-order valence-corrected chi connectivity index (χ0v) is 17.5. The molecule has 0 N–H and O–H groups in total. The van der Waals surface area contributed by atoms with Crippen LogP contribution in [0.25, 0.3) is 0 Å². The van der Waals surface area contributed by atoms with Gasteiger partial charge >= 0.3 is 11.9 Å². The van der Waals surface area contributed by atoms with E-state index in [1.54, 1.807) is 0 Å². The summed E-state index contributed by atoms with van der Waals surface area (Å²) in [5, 5.41) is 0. The highest BCUT2D eigenvalue weighted by molar-refractivity contribution is 5.82. The molecule has 0 aromatic rings. The second-order valence-electron chi connectivity index (χ2n) is 7.50. The van der Waals surface area contributed by atoms with E-state index in [4.69, 9.17) is 14.2 Å². The molecule has 1 saturated carbocycles. The Morgan fingerprint density at radius 3 is 1.78 bits per heavy atom. The maximum atomic E-state index is 12.4. The van der Waals surface area contributed by atoms with Crippen LogP contribution in [0.15, 0.2) is 0 Å². The predicted octanol–water partition coefficient (Wildman–Crippen LogP) is 5.06. The van der Waals surface area contributed by atoms with Crippen molar-refractivity contribution < 1.29 is 23.8 Å². The largest absolute Gasteiger partial charge is 0.465 e. The summed E-state index contributed by atoms with van der Waals surface area (Å²) < 4.78 is 16.0. The molecule has 0 saturated heterocycles. The van der Waals surface area contributed by atoms with Crippen LogP contribution in [0.2, 0.25) is 0 Å². The second-order valence-corrected chi connectivity index (χ2v) is 7.50. The van der Waals surface area contributed by atoms with Crippen molar-refractivity contribution in [3.05, 3.63) is 0 Å². The van der Waals surface area contributed by atoms with Gasteiger partial charge in [0.2, 0.25) is 0 Å². The van der Waals surface area contributed by atoms with Crippen LogP contribution in [0.5, 0.6) is 0 Å². The van der Waals surface area contributed by atoms with Gasteiger partial charge in [0.05, 0.1) is 25.0 Å². The average Bonchev–Trinajstić information content (AvgIpc) is 2.69. The summed E-state index contributed by atoms with van der Waals surface area (Å²) in [5.74, 6) is -1.19. The standard InChI is InChI=1S/C22H40O5/c1-3-5-6-7-8-9-10-13-16-26-21(23)19-14-11-12-15-20(19)22(24)27-18-17-25-4-2/h19-20H,3-18H2,1-2H3. The van der Waals surface area contributed by atoms with Crippen LogP contribution in [0.4, 0.5) is 0 Å². The van der Waals surface area contributed by atoms with Crippen molar-refractivity contribution in [2.75, 3.05) is 26.4 Å². The molecule has 0 aliphatic heterocycles. The number of carbonyl (C=O) groups is 2. The molecule has 1 rings (SSSR count). The van der Waals surface area contributed by atoms with E-state index in [0.29, 0.717) is 26.2 Å². The van der Waals surface area contributed by atoms with Gasteiger partial charge in [0.25, 0.3) is 0 Å². The Morgan fingerprint density at radius 2 is 1.22 bits per heavy atom. The number of unbranched alkanes of at least 4 members (excludes halogenated alkanes) is 7. The minimum Gasteiger partial charge on any atom is -0.465 e. The molecule has 0 amide bonds. The van der Waals surface area contributed by atoms with E-state index in [-0.39, 0.29) is 30.4 Å². The topological polar surface area (TPSA) is 61.8 Å². The van der Waals surface area contributed by atoms with Crippen molar-refractivity contribution in [1.82, 2.24) is 0 Å². The maximum absolute atomic E-state index is 12.4. The summed E-state index contributed by atoms with van der Waals surface area (Å²) in [4.78, 5) is 24.8. The minimum atomic E-state index is -0.355. The molecule has 0 bridgehead atoms. The lowest BCUT2D eigenvalue weighted by Gasteiger charge is -2.28. The molecule has 2 unspecified atom stereocenters. The highest BCUT2D eigenvalue weighted by atomic mass is 16.6. The third-order valence-corrected chi connectivity index (χ3v) is 5.29. The van der Waals surface area contributed by atoms with Crippen LogP contribution < -0.4 is 0 Å². The number of carbonyl (C=O) groups excluding carboxylic acids is 2. The Balaban J connectivity index is 2.21. The van der Waals surface area contributed by atoms with E-state index in [0.717, 1.165) is 32.1 Å². The fourth-order valence-corrected chi connectivity index (χ4v) is 3.66. The fraction of sp³-hybridized carbons (Fsp3) is 0.909. The van der Waals surface area contributed by atoms with Crippen LogP contribution in [0.3, 0.4) is 0 Å². The Morgan fingerprint density at radius 1 is 0.704 bits per heavy atom. The number of esters is 2. The highest BCUT2D eigenvalue weighted by Gasteiger charge is 2.37. The summed E-state index contributed by atoms with van der Waals surface area (Å²) in [5.41, 5.74) is 0. The first-order valence-electron chi connectivity index (χ1n) is 11.1. The Kier molecular flexibility index (Phi) is 14.1. The summed E-state index contributed by atoms with van der Waals surface area (Å²) in [6.07, 6.45) is 13.1. The lowest BCUT2D eigenvalue weighted by Crippen LogP contribution is -2.35. The first kappa shape index (κ1) is 23.9. The van der Waals surface area contributed by atoms with Gasteiger partial charge in [-0.3, -0.25) is 9.59 Å². The van der Waals surface area contributed by atoms with E-state index in [2.05, 4.69) is 6.92 Å². The third-order valence-electron chi connectivity index (χ3n) is 5.29. The first-order valence-corrected chi connectivity index (χ1v) is 11.1. The second kappa shape index (κ2) is 15.9. The van der Waals surface area contributed by atoms with Crippen molar-refractivity contribution in [3.8, 4) is 0 Å². The Hall–Kier alpha value is -1.10. The van der Waals surface area contributed by atoms with Gasteiger partial charge in [0.1, 0.15) is 6.61 Å². The molecule has 5 heteroatoms. The fourth-order valence-electron chi connectivity index (χ4n) is 3.66. The summed E-state index contributed by atoms with van der Waals surface area (Å²) in [6.45, 7) is 5.87. The van der Waals surface area contributed by atoms with E-state index >= 15 is 0 Å². The predicted molar refractivity (Wildman–Crippen MR) is 106 cm³/mol. The lowest BCUT2D eigenvalue weighted by atomic mass is 9.79. The van der Waals surface area contributed by atoms with Crippen LogP contribution >= 0.6 is 0 Å². The van der Waals surface area contributed by atoms with Crippen molar-refractivity contribution in [3.63, 3.8) is 0 Å². The van der Waals surface area contributed by atoms with Gasteiger partial charge in [-0.25, -0.2) is 0 Å². The SMILES string of the molecule is CCCCCCCCCCOC(=O)C1CCCCC1C(=O)OCCOCC. The van der Waals surface area contributed by atoms with E-state index < -0.39 is 0 Å². The minimum absolute atomic E-state index is 0.218. The van der Waals surface area contributed by atoms with Gasteiger partial charge in [-0.2, -0.15) is 0 Å². The molecule has 0 spiro atoms. The zero-order chi connectivity index (χ0) is 19.7. The molecule has 0 aromatic heterocycles. The van der Waals surface area contributed by atoms with Crippen molar-refractivity contribution in [2.24, 2.45) is 11.8 Å².